The van der Waals surface area contributed by atoms with Gasteiger partial charge < -0.3 is 14.6 Å². The lowest BCUT2D eigenvalue weighted by Gasteiger charge is -2.19. The predicted molar refractivity (Wildman–Crippen MR) is 119 cm³/mol. The highest BCUT2D eigenvalue weighted by atomic mass is 32.2. The number of para-hydroxylation sites is 1. The molecule has 1 aromatic rings. The van der Waals surface area contributed by atoms with Gasteiger partial charge in [-0.3, -0.25) is 0 Å². The summed E-state index contributed by atoms with van der Waals surface area (Å²) < 4.78 is 39.6. The van der Waals surface area contributed by atoms with E-state index >= 15 is 0 Å². The van der Waals surface area contributed by atoms with E-state index in [4.69, 9.17) is 14.6 Å². The normalized spacial score (nSPS) is 22.0. The van der Waals surface area contributed by atoms with E-state index in [0.717, 1.165) is 31.2 Å². The Balaban J connectivity index is 1.51. The van der Waals surface area contributed by atoms with Gasteiger partial charge >= 0.3 is 5.97 Å². The average Bonchev–Trinajstić information content (AvgIpc) is 3.28. The Hall–Kier alpha value is -1.80. The van der Waals surface area contributed by atoms with Crippen LogP contribution in [-0.4, -0.2) is 44.0 Å². The van der Waals surface area contributed by atoms with Crippen molar-refractivity contribution in [3.05, 3.63) is 23.8 Å². The Morgan fingerprint density at radius 3 is 2.55 bits per heavy atom. The van der Waals surface area contributed by atoms with E-state index in [1.165, 1.54) is 32.1 Å². The Morgan fingerprint density at radius 1 is 1.13 bits per heavy atom. The molecule has 1 aromatic carbocycles. The minimum Gasteiger partial charge on any atom is -0.486 e. The van der Waals surface area contributed by atoms with E-state index in [-0.39, 0.29) is 23.8 Å². The molecule has 1 fully saturated rings. The monoisotopic (exact) mass is 453 g/mol. The molecule has 3 rings (SSSR count). The van der Waals surface area contributed by atoms with E-state index < -0.39 is 22.6 Å². The van der Waals surface area contributed by atoms with Crippen LogP contribution in [0.2, 0.25) is 0 Å². The molecule has 3 atom stereocenters. The summed E-state index contributed by atoms with van der Waals surface area (Å²) in [6.45, 7) is 1.76. The van der Waals surface area contributed by atoms with Gasteiger partial charge in [-0.1, -0.05) is 64.0 Å². The molecule has 1 aliphatic carbocycles. The van der Waals surface area contributed by atoms with Gasteiger partial charge in [0.25, 0.3) is 0 Å². The van der Waals surface area contributed by atoms with Crippen LogP contribution in [0.1, 0.15) is 82.6 Å². The largest absolute Gasteiger partial charge is 0.486 e. The Kier molecular flexibility index (Phi) is 8.60. The average molecular weight is 454 g/mol. The van der Waals surface area contributed by atoms with Crippen molar-refractivity contribution in [1.82, 2.24) is 4.72 Å². The van der Waals surface area contributed by atoms with Crippen LogP contribution in [0.4, 0.5) is 0 Å². The third-order valence-corrected chi connectivity index (χ3v) is 7.67. The lowest BCUT2D eigenvalue weighted by Crippen LogP contribution is -2.38. The molecule has 0 bridgehead atoms. The first-order valence-electron chi connectivity index (χ1n) is 11.6. The van der Waals surface area contributed by atoms with E-state index in [9.17, 15) is 13.2 Å². The van der Waals surface area contributed by atoms with E-state index in [2.05, 4.69) is 11.6 Å². The quantitative estimate of drug-likeness (QED) is 0.409. The van der Waals surface area contributed by atoms with Gasteiger partial charge in [0.2, 0.25) is 10.0 Å². The minimum absolute atomic E-state index is 0.0725. The molecule has 7 nitrogen and oxygen atoms in total. The number of ether oxygens (including phenoxy) is 2. The number of fused-ring (bicyclic) bond motifs is 3. The summed E-state index contributed by atoms with van der Waals surface area (Å²) in [5, 5.41) is 8.86. The number of hydrogen-bond donors (Lipinski definition) is 2. The summed E-state index contributed by atoms with van der Waals surface area (Å²) in [4.78, 5) is 10.8. The molecule has 0 aromatic heterocycles. The van der Waals surface area contributed by atoms with Crippen molar-refractivity contribution in [3.63, 3.8) is 0 Å². The molecule has 8 heteroatoms. The molecule has 1 saturated carbocycles. The summed E-state index contributed by atoms with van der Waals surface area (Å²) in [6, 6.07) is 5.19. The van der Waals surface area contributed by atoms with Crippen LogP contribution < -0.4 is 14.2 Å². The number of benzene rings is 1. The van der Waals surface area contributed by atoms with Crippen LogP contribution in [-0.2, 0) is 14.8 Å². The number of aliphatic carboxylic acids is 1. The molecule has 3 unspecified atom stereocenters. The van der Waals surface area contributed by atoms with Gasteiger partial charge in [-0.05, 0) is 25.3 Å². The third kappa shape index (κ3) is 6.59. The fourth-order valence-electron chi connectivity index (χ4n) is 4.68. The van der Waals surface area contributed by atoms with Gasteiger partial charge in [-0.2, -0.15) is 0 Å². The summed E-state index contributed by atoms with van der Waals surface area (Å²) in [7, 11) is -3.35. The second kappa shape index (κ2) is 11.2. The molecular formula is C23H35NO6S. The molecule has 1 aliphatic heterocycles. The smallest absolute Gasteiger partial charge is 0.341 e. The first-order chi connectivity index (χ1) is 14.9. The standard InChI is InChI=1S/C23H35NO6S/c1-2-3-4-5-6-7-8-9-15-31(27,28)24-18-13-14-19-22(18)17-11-10-12-20(23(17)30-19)29-16-21(25)26/h10-12,18-19,22,24H,2-9,13-16H2,1H3,(H,25,26). The maximum Gasteiger partial charge on any atom is 0.341 e. The number of carboxylic acid groups (broad SMARTS) is 1. The van der Waals surface area contributed by atoms with Crippen molar-refractivity contribution in [2.24, 2.45) is 0 Å². The highest BCUT2D eigenvalue weighted by Gasteiger charge is 2.46. The minimum atomic E-state index is -3.35. The van der Waals surface area contributed by atoms with Crippen LogP contribution in [0, 0.1) is 0 Å². The van der Waals surface area contributed by atoms with Crippen LogP contribution in [0.15, 0.2) is 18.2 Å². The number of carbonyl (C=O) groups is 1. The molecule has 31 heavy (non-hydrogen) atoms. The Bertz CT molecular complexity index is 840. The second-order valence-electron chi connectivity index (χ2n) is 8.63. The molecule has 0 amide bonds. The SMILES string of the molecule is CCCCCCCCCCS(=O)(=O)NC1CCC2Oc3c(OCC(=O)O)cccc3C12. The molecule has 2 aliphatic rings. The maximum atomic E-state index is 12.7. The maximum absolute atomic E-state index is 12.7. The van der Waals surface area contributed by atoms with E-state index in [0.29, 0.717) is 17.9 Å². The van der Waals surface area contributed by atoms with Crippen molar-refractivity contribution in [3.8, 4) is 11.5 Å². The Labute approximate surface area is 185 Å². The van der Waals surface area contributed by atoms with Crippen LogP contribution in [0.25, 0.3) is 0 Å². The molecule has 174 valence electrons. The number of hydrogen-bond acceptors (Lipinski definition) is 5. The third-order valence-electron chi connectivity index (χ3n) is 6.18. The van der Waals surface area contributed by atoms with Crippen molar-refractivity contribution in [2.45, 2.75) is 89.2 Å². The zero-order valence-corrected chi connectivity index (χ0v) is 19.2. The summed E-state index contributed by atoms with van der Waals surface area (Å²) >= 11 is 0. The number of rotatable bonds is 14. The number of nitrogens with one attached hydrogen (secondary N) is 1. The molecule has 1 heterocycles. The van der Waals surface area contributed by atoms with Crippen molar-refractivity contribution in [1.29, 1.82) is 0 Å². The fraction of sp³-hybridized carbons (Fsp3) is 0.696. The van der Waals surface area contributed by atoms with Gasteiger partial charge in [0.1, 0.15) is 6.10 Å². The molecule has 0 radical (unpaired) electrons. The summed E-state index contributed by atoms with van der Waals surface area (Å²) in [6.07, 6.45) is 10.3. The number of sulfonamides is 1. The van der Waals surface area contributed by atoms with Gasteiger partial charge in [-0.25, -0.2) is 17.9 Å². The summed E-state index contributed by atoms with van der Waals surface area (Å²) in [5.41, 5.74) is 0.894. The lowest BCUT2D eigenvalue weighted by molar-refractivity contribution is -0.139. The van der Waals surface area contributed by atoms with E-state index in [1.54, 1.807) is 12.1 Å². The second-order valence-corrected chi connectivity index (χ2v) is 10.5. The summed E-state index contributed by atoms with van der Waals surface area (Å²) in [5.74, 6) is -0.0228. The topological polar surface area (TPSA) is 102 Å². The van der Waals surface area contributed by atoms with Gasteiger partial charge in [-0.15, -0.1) is 0 Å². The number of carboxylic acids is 1. The van der Waals surface area contributed by atoms with Gasteiger partial charge in [0.15, 0.2) is 18.1 Å². The van der Waals surface area contributed by atoms with Crippen LogP contribution >= 0.6 is 0 Å². The molecular weight excluding hydrogens is 418 g/mol. The first kappa shape index (κ1) is 23.9. The molecule has 2 N–H and O–H groups in total. The van der Waals surface area contributed by atoms with E-state index in [1.807, 2.05) is 6.07 Å². The predicted octanol–water partition coefficient (Wildman–Crippen LogP) is 4.22. The molecule has 0 spiro atoms. The highest BCUT2D eigenvalue weighted by Crippen LogP contribution is 2.50. The Morgan fingerprint density at radius 2 is 1.84 bits per heavy atom. The van der Waals surface area contributed by atoms with Crippen LogP contribution in [0.5, 0.6) is 11.5 Å². The van der Waals surface area contributed by atoms with Crippen molar-refractivity contribution >= 4 is 16.0 Å². The van der Waals surface area contributed by atoms with Crippen LogP contribution in [0.3, 0.4) is 0 Å². The zero-order chi connectivity index (χ0) is 22.3. The van der Waals surface area contributed by atoms with Gasteiger partial charge in [0.05, 0.1) is 5.75 Å². The van der Waals surface area contributed by atoms with Crippen molar-refractivity contribution in [2.75, 3.05) is 12.4 Å². The fourth-order valence-corrected chi connectivity index (χ4v) is 6.11. The van der Waals surface area contributed by atoms with Gasteiger partial charge in [0, 0.05) is 17.5 Å². The zero-order valence-electron chi connectivity index (χ0n) is 18.3. The number of unbranched alkanes of at least 4 members (excludes halogenated alkanes) is 7. The molecule has 0 saturated heterocycles. The first-order valence-corrected chi connectivity index (χ1v) is 13.2. The highest BCUT2D eigenvalue weighted by molar-refractivity contribution is 7.89. The van der Waals surface area contributed by atoms with Crippen molar-refractivity contribution < 1.29 is 27.8 Å². The lowest BCUT2D eigenvalue weighted by atomic mass is 9.94.